The number of hydrogen-bond donors (Lipinski definition) is 1. The molecule has 0 aliphatic heterocycles. The van der Waals surface area contributed by atoms with E-state index in [9.17, 15) is 0 Å². The standard InChI is InChI=1S/C11H19NO/c1-7(12)9-6-10(11(3,4)5)13-8(9)2/h6-7H,12H2,1-5H3/t7-/m1/s1. The van der Waals surface area contributed by atoms with Gasteiger partial charge in [-0.15, -0.1) is 0 Å². The predicted molar refractivity (Wildman–Crippen MR) is 54.7 cm³/mol. The quantitative estimate of drug-likeness (QED) is 0.723. The molecule has 2 nitrogen and oxygen atoms in total. The third-order valence-electron chi connectivity index (χ3n) is 2.19. The smallest absolute Gasteiger partial charge is 0.109 e. The molecule has 0 aliphatic rings. The summed E-state index contributed by atoms with van der Waals surface area (Å²) in [6.45, 7) is 10.3. The molecule has 0 bridgehead atoms. The predicted octanol–water partition coefficient (Wildman–Crippen LogP) is 2.91. The van der Waals surface area contributed by atoms with Crippen LogP contribution < -0.4 is 5.73 Å². The lowest BCUT2D eigenvalue weighted by atomic mass is 9.92. The maximum Gasteiger partial charge on any atom is 0.109 e. The Kier molecular flexibility index (Phi) is 2.53. The maximum atomic E-state index is 5.81. The van der Waals surface area contributed by atoms with Gasteiger partial charge in [-0.25, -0.2) is 0 Å². The van der Waals surface area contributed by atoms with Crippen LogP contribution in [-0.2, 0) is 5.41 Å². The molecule has 74 valence electrons. The summed E-state index contributed by atoms with van der Waals surface area (Å²) in [6, 6.07) is 2.12. The summed E-state index contributed by atoms with van der Waals surface area (Å²) >= 11 is 0. The van der Waals surface area contributed by atoms with Gasteiger partial charge >= 0.3 is 0 Å². The van der Waals surface area contributed by atoms with E-state index in [0.717, 1.165) is 17.1 Å². The molecule has 0 amide bonds. The van der Waals surface area contributed by atoms with E-state index in [2.05, 4.69) is 26.8 Å². The fourth-order valence-corrected chi connectivity index (χ4v) is 1.32. The first-order valence-electron chi connectivity index (χ1n) is 4.68. The molecule has 1 rings (SSSR count). The summed E-state index contributed by atoms with van der Waals surface area (Å²) in [5.74, 6) is 1.96. The highest BCUT2D eigenvalue weighted by molar-refractivity contribution is 5.26. The van der Waals surface area contributed by atoms with E-state index in [1.54, 1.807) is 0 Å². The molecule has 0 aromatic carbocycles. The summed E-state index contributed by atoms with van der Waals surface area (Å²) < 4.78 is 5.66. The first-order chi connectivity index (χ1) is 5.82. The van der Waals surface area contributed by atoms with Gasteiger partial charge in [-0.3, -0.25) is 0 Å². The van der Waals surface area contributed by atoms with Crippen LogP contribution in [0.15, 0.2) is 10.5 Å². The molecule has 1 heterocycles. The zero-order chi connectivity index (χ0) is 10.2. The van der Waals surface area contributed by atoms with E-state index in [4.69, 9.17) is 10.2 Å². The Balaban J connectivity index is 3.10. The van der Waals surface area contributed by atoms with E-state index in [1.807, 2.05) is 13.8 Å². The Morgan fingerprint density at radius 1 is 1.38 bits per heavy atom. The van der Waals surface area contributed by atoms with Crippen molar-refractivity contribution in [2.45, 2.75) is 46.1 Å². The number of rotatable bonds is 1. The average molecular weight is 181 g/mol. The molecule has 2 heteroatoms. The second-order valence-electron chi connectivity index (χ2n) is 4.66. The fraction of sp³-hybridized carbons (Fsp3) is 0.636. The van der Waals surface area contributed by atoms with Gasteiger partial charge in [-0.05, 0) is 19.9 Å². The fourth-order valence-electron chi connectivity index (χ4n) is 1.32. The molecule has 0 fully saturated rings. The van der Waals surface area contributed by atoms with Crippen LogP contribution in [0.1, 0.15) is 50.8 Å². The van der Waals surface area contributed by atoms with E-state index in [-0.39, 0.29) is 11.5 Å². The lowest BCUT2D eigenvalue weighted by molar-refractivity contribution is 0.394. The van der Waals surface area contributed by atoms with Gasteiger partial charge in [0, 0.05) is 17.0 Å². The molecule has 1 aromatic heterocycles. The lowest BCUT2D eigenvalue weighted by Gasteiger charge is -2.13. The molecule has 0 radical (unpaired) electrons. The van der Waals surface area contributed by atoms with E-state index < -0.39 is 0 Å². The van der Waals surface area contributed by atoms with Crippen LogP contribution in [-0.4, -0.2) is 0 Å². The van der Waals surface area contributed by atoms with Gasteiger partial charge in [0.15, 0.2) is 0 Å². The van der Waals surface area contributed by atoms with Gasteiger partial charge in [0.1, 0.15) is 11.5 Å². The lowest BCUT2D eigenvalue weighted by Crippen LogP contribution is -2.09. The van der Waals surface area contributed by atoms with E-state index >= 15 is 0 Å². The maximum absolute atomic E-state index is 5.81. The van der Waals surface area contributed by atoms with Crippen molar-refractivity contribution >= 4 is 0 Å². The number of furan rings is 1. The molecule has 0 saturated heterocycles. The van der Waals surface area contributed by atoms with Gasteiger partial charge in [0.05, 0.1) is 0 Å². The number of hydrogen-bond acceptors (Lipinski definition) is 2. The van der Waals surface area contributed by atoms with Crippen molar-refractivity contribution in [3.8, 4) is 0 Å². The van der Waals surface area contributed by atoms with Crippen molar-refractivity contribution in [1.82, 2.24) is 0 Å². The summed E-state index contributed by atoms with van der Waals surface area (Å²) in [5.41, 5.74) is 6.99. The normalized spacial score (nSPS) is 14.6. The van der Waals surface area contributed by atoms with Crippen LogP contribution >= 0.6 is 0 Å². The topological polar surface area (TPSA) is 39.2 Å². The van der Waals surface area contributed by atoms with Crippen molar-refractivity contribution < 1.29 is 4.42 Å². The summed E-state index contributed by atoms with van der Waals surface area (Å²) in [6.07, 6.45) is 0. The molecule has 13 heavy (non-hydrogen) atoms. The highest BCUT2D eigenvalue weighted by Gasteiger charge is 2.21. The van der Waals surface area contributed by atoms with Crippen molar-refractivity contribution in [3.63, 3.8) is 0 Å². The van der Waals surface area contributed by atoms with Gasteiger partial charge < -0.3 is 10.2 Å². The zero-order valence-corrected chi connectivity index (χ0v) is 9.14. The van der Waals surface area contributed by atoms with Crippen molar-refractivity contribution in [3.05, 3.63) is 23.2 Å². The SMILES string of the molecule is Cc1oc(C(C)(C)C)cc1[C@@H](C)N. The summed E-state index contributed by atoms with van der Waals surface area (Å²) in [5, 5.41) is 0. The molecule has 0 unspecified atom stereocenters. The molecule has 0 saturated carbocycles. The van der Waals surface area contributed by atoms with Crippen molar-refractivity contribution in [2.75, 3.05) is 0 Å². The monoisotopic (exact) mass is 181 g/mol. The van der Waals surface area contributed by atoms with Gasteiger partial charge in [0.25, 0.3) is 0 Å². The molecular formula is C11H19NO. The third-order valence-corrected chi connectivity index (χ3v) is 2.19. The Bertz CT molecular complexity index is 292. The van der Waals surface area contributed by atoms with Crippen LogP contribution in [0.3, 0.4) is 0 Å². The Labute approximate surface area is 80.1 Å². The highest BCUT2D eigenvalue weighted by atomic mass is 16.3. The molecule has 0 aliphatic carbocycles. The molecule has 1 aromatic rings. The van der Waals surface area contributed by atoms with E-state index in [1.165, 1.54) is 0 Å². The van der Waals surface area contributed by atoms with Crippen LogP contribution in [0.5, 0.6) is 0 Å². The van der Waals surface area contributed by atoms with Gasteiger partial charge in [-0.1, -0.05) is 20.8 Å². The Hall–Kier alpha value is -0.760. The highest BCUT2D eigenvalue weighted by Crippen LogP contribution is 2.28. The molecular weight excluding hydrogens is 162 g/mol. The molecule has 0 spiro atoms. The first-order valence-corrected chi connectivity index (χ1v) is 4.68. The van der Waals surface area contributed by atoms with Crippen molar-refractivity contribution in [1.29, 1.82) is 0 Å². The second kappa shape index (κ2) is 3.18. The third kappa shape index (κ3) is 2.13. The second-order valence-corrected chi connectivity index (χ2v) is 4.66. The van der Waals surface area contributed by atoms with Crippen molar-refractivity contribution in [2.24, 2.45) is 5.73 Å². The van der Waals surface area contributed by atoms with Crippen LogP contribution in [0.4, 0.5) is 0 Å². The van der Waals surface area contributed by atoms with Gasteiger partial charge in [0.2, 0.25) is 0 Å². The van der Waals surface area contributed by atoms with Gasteiger partial charge in [-0.2, -0.15) is 0 Å². The van der Waals surface area contributed by atoms with Crippen LogP contribution in [0.2, 0.25) is 0 Å². The zero-order valence-electron chi connectivity index (χ0n) is 9.14. The Morgan fingerprint density at radius 2 is 1.92 bits per heavy atom. The summed E-state index contributed by atoms with van der Waals surface area (Å²) in [7, 11) is 0. The molecule has 1 atom stereocenters. The van der Waals surface area contributed by atoms with E-state index in [0.29, 0.717) is 0 Å². The summed E-state index contributed by atoms with van der Waals surface area (Å²) in [4.78, 5) is 0. The van der Waals surface area contributed by atoms with Crippen LogP contribution in [0, 0.1) is 6.92 Å². The van der Waals surface area contributed by atoms with Crippen LogP contribution in [0.25, 0.3) is 0 Å². The minimum Gasteiger partial charge on any atom is -0.465 e. The minimum atomic E-state index is 0.0554. The average Bonchev–Trinajstić information content (AvgIpc) is 2.29. The Morgan fingerprint density at radius 3 is 2.15 bits per heavy atom. The molecule has 2 N–H and O–H groups in total. The number of nitrogens with two attached hydrogens (primary N) is 1. The number of aryl methyl sites for hydroxylation is 1. The minimum absolute atomic E-state index is 0.0554. The first kappa shape index (κ1) is 10.3. The largest absolute Gasteiger partial charge is 0.465 e.